The van der Waals surface area contributed by atoms with Crippen LogP contribution in [0.3, 0.4) is 0 Å². The van der Waals surface area contributed by atoms with Crippen molar-refractivity contribution in [3.8, 4) is 0 Å². The first-order valence-corrected chi connectivity index (χ1v) is 4.29. The van der Waals surface area contributed by atoms with E-state index in [0.29, 0.717) is 0 Å². The Bertz CT molecular complexity index is 246. The van der Waals surface area contributed by atoms with Crippen LogP contribution in [0.1, 0.15) is 36.3 Å². The molecule has 57 valence electrons. The van der Waals surface area contributed by atoms with Crippen molar-refractivity contribution in [2.45, 2.75) is 25.2 Å². The van der Waals surface area contributed by atoms with Gasteiger partial charge < -0.3 is 0 Å². The number of hydrogen-bond acceptors (Lipinski definition) is 0. The predicted octanol–water partition coefficient (Wildman–Crippen LogP) is 3.14. The Balaban J connectivity index is 2.28. The highest BCUT2D eigenvalue weighted by Crippen LogP contribution is 2.37. The lowest BCUT2D eigenvalue weighted by atomic mass is 9.78. The Morgan fingerprint density at radius 1 is 1.18 bits per heavy atom. The zero-order valence-electron chi connectivity index (χ0n) is 6.72. The van der Waals surface area contributed by atoms with Crippen LogP contribution in [0.5, 0.6) is 0 Å². The molecule has 2 rings (SSSR count). The Hall–Kier alpha value is -0.780. The third-order valence-corrected chi connectivity index (χ3v) is 2.60. The lowest BCUT2D eigenvalue weighted by Gasteiger charge is -2.27. The van der Waals surface area contributed by atoms with Crippen LogP contribution in [0.25, 0.3) is 0 Å². The second-order valence-electron chi connectivity index (χ2n) is 3.33. The molecule has 0 unspecified atom stereocenters. The molecule has 0 amide bonds. The van der Waals surface area contributed by atoms with E-state index >= 15 is 0 Å². The van der Waals surface area contributed by atoms with Gasteiger partial charge in [0.15, 0.2) is 0 Å². The lowest BCUT2D eigenvalue weighted by molar-refractivity contribution is 0.419. The van der Waals surface area contributed by atoms with Crippen LogP contribution in [0.15, 0.2) is 24.3 Å². The van der Waals surface area contributed by atoms with Crippen molar-refractivity contribution in [3.05, 3.63) is 42.3 Å². The summed E-state index contributed by atoms with van der Waals surface area (Å²) in [6.45, 7) is 4.02. The van der Waals surface area contributed by atoms with Crippen molar-refractivity contribution in [3.63, 3.8) is 0 Å². The van der Waals surface area contributed by atoms with E-state index in [9.17, 15) is 0 Å². The molecular weight excluding hydrogens is 132 g/mol. The van der Waals surface area contributed by atoms with Crippen LogP contribution in [-0.4, -0.2) is 0 Å². The Kier molecular flexibility index (Phi) is 1.69. The molecule has 0 N–H and O–H groups in total. The van der Waals surface area contributed by atoms with E-state index in [0.717, 1.165) is 5.92 Å². The van der Waals surface area contributed by atoms with Crippen molar-refractivity contribution >= 4 is 0 Å². The van der Waals surface area contributed by atoms with Gasteiger partial charge >= 0.3 is 0 Å². The fraction of sp³-hybridized carbons (Fsp3) is 0.364. The Labute approximate surface area is 68.3 Å². The summed E-state index contributed by atoms with van der Waals surface area (Å²) >= 11 is 0. The molecule has 1 aliphatic rings. The molecule has 1 radical (unpaired) electrons. The van der Waals surface area contributed by atoms with Gasteiger partial charge in [-0.1, -0.05) is 30.7 Å². The van der Waals surface area contributed by atoms with Crippen LogP contribution in [0, 0.1) is 6.92 Å². The number of rotatable bonds is 1. The average molecular weight is 145 g/mol. The third-order valence-electron chi connectivity index (χ3n) is 2.60. The molecule has 1 aromatic rings. The standard InChI is InChI=1S/C11H13/c1-9-5-2-3-8-11(9)10-6-4-7-10/h2-3,5,8,10H,1,4,6-7H2. The van der Waals surface area contributed by atoms with Crippen molar-refractivity contribution < 1.29 is 0 Å². The fourth-order valence-corrected chi connectivity index (χ4v) is 1.65. The van der Waals surface area contributed by atoms with E-state index in [-0.39, 0.29) is 0 Å². The Morgan fingerprint density at radius 2 is 1.91 bits per heavy atom. The largest absolute Gasteiger partial charge is 0.0620 e. The van der Waals surface area contributed by atoms with Gasteiger partial charge in [0.1, 0.15) is 0 Å². The van der Waals surface area contributed by atoms with Gasteiger partial charge in [-0.2, -0.15) is 0 Å². The molecule has 0 aliphatic heterocycles. The van der Waals surface area contributed by atoms with E-state index < -0.39 is 0 Å². The monoisotopic (exact) mass is 145 g/mol. The van der Waals surface area contributed by atoms with Crippen molar-refractivity contribution in [2.75, 3.05) is 0 Å². The fourth-order valence-electron chi connectivity index (χ4n) is 1.65. The molecule has 1 saturated carbocycles. The molecular formula is C11H13. The van der Waals surface area contributed by atoms with E-state index in [1.807, 2.05) is 0 Å². The Morgan fingerprint density at radius 3 is 2.45 bits per heavy atom. The van der Waals surface area contributed by atoms with Crippen molar-refractivity contribution in [2.24, 2.45) is 0 Å². The van der Waals surface area contributed by atoms with Gasteiger partial charge in [-0.25, -0.2) is 0 Å². The predicted molar refractivity (Wildman–Crippen MR) is 47.5 cm³/mol. The summed E-state index contributed by atoms with van der Waals surface area (Å²) in [5.74, 6) is 0.823. The van der Waals surface area contributed by atoms with Crippen LogP contribution in [0.4, 0.5) is 0 Å². The molecule has 1 aromatic carbocycles. The normalized spacial score (nSPS) is 17.9. The zero-order valence-corrected chi connectivity index (χ0v) is 6.72. The van der Waals surface area contributed by atoms with E-state index in [4.69, 9.17) is 0 Å². The number of hydrogen-bond donors (Lipinski definition) is 0. The highest BCUT2D eigenvalue weighted by Gasteiger charge is 2.20. The summed E-state index contributed by atoms with van der Waals surface area (Å²) in [6, 6.07) is 8.49. The van der Waals surface area contributed by atoms with E-state index in [2.05, 4.69) is 31.2 Å². The first-order valence-electron chi connectivity index (χ1n) is 4.29. The highest BCUT2D eigenvalue weighted by atomic mass is 14.2. The zero-order chi connectivity index (χ0) is 7.68. The second kappa shape index (κ2) is 2.69. The first kappa shape index (κ1) is 6.90. The van der Waals surface area contributed by atoms with Crippen LogP contribution < -0.4 is 0 Å². The van der Waals surface area contributed by atoms with Crippen molar-refractivity contribution in [1.29, 1.82) is 0 Å². The van der Waals surface area contributed by atoms with Gasteiger partial charge in [0.25, 0.3) is 0 Å². The molecule has 0 heteroatoms. The summed E-state index contributed by atoms with van der Waals surface area (Å²) in [5, 5.41) is 0. The molecule has 1 fully saturated rings. The molecule has 0 spiro atoms. The van der Waals surface area contributed by atoms with Crippen molar-refractivity contribution in [1.82, 2.24) is 0 Å². The maximum Gasteiger partial charge on any atom is -0.0159 e. The van der Waals surface area contributed by atoms with Gasteiger partial charge in [0.05, 0.1) is 0 Å². The molecule has 0 bridgehead atoms. The summed E-state index contributed by atoms with van der Waals surface area (Å²) in [6.07, 6.45) is 4.14. The highest BCUT2D eigenvalue weighted by molar-refractivity contribution is 5.33. The molecule has 11 heavy (non-hydrogen) atoms. The molecule has 0 heterocycles. The minimum absolute atomic E-state index is 0.823. The van der Waals surface area contributed by atoms with Gasteiger partial charge in [-0.15, -0.1) is 0 Å². The van der Waals surface area contributed by atoms with Crippen LogP contribution in [0.2, 0.25) is 0 Å². The summed E-state index contributed by atoms with van der Waals surface area (Å²) in [5.41, 5.74) is 2.69. The quantitative estimate of drug-likeness (QED) is 0.569. The summed E-state index contributed by atoms with van der Waals surface area (Å²) in [4.78, 5) is 0. The summed E-state index contributed by atoms with van der Waals surface area (Å²) < 4.78 is 0. The molecule has 0 aromatic heterocycles. The molecule has 0 nitrogen and oxygen atoms in total. The number of benzene rings is 1. The maximum atomic E-state index is 4.02. The molecule has 0 atom stereocenters. The van der Waals surface area contributed by atoms with E-state index in [1.165, 1.54) is 30.4 Å². The lowest BCUT2D eigenvalue weighted by Crippen LogP contribution is -2.09. The van der Waals surface area contributed by atoms with Gasteiger partial charge in [0, 0.05) is 0 Å². The minimum Gasteiger partial charge on any atom is -0.0620 e. The van der Waals surface area contributed by atoms with Gasteiger partial charge in [-0.3, -0.25) is 0 Å². The first-order chi connectivity index (χ1) is 5.38. The second-order valence-corrected chi connectivity index (χ2v) is 3.33. The summed E-state index contributed by atoms with van der Waals surface area (Å²) in [7, 11) is 0. The van der Waals surface area contributed by atoms with E-state index in [1.54, 1.807) is 0 Å². The average Bonchev–Trinajstić information content (AvgIpc) is 1.90. The SMILES string of the molecule is [CH2]c1ccccc1C1CCC1. The van der Waals surface area contributed by atoms with Crippen LogP contribution >= 0.6 is 0 Å². The third kappa shape index (κ3) is 1.18. The molecule has 1 aliphatic carbocycles. The topological polar surface area (TPSA) is 0 Å². The van der Waals surface area contributed by atoms with Crippen LogP contribution in [-0.2, 0) is 0 Å². The van der Waals surface area contributed by atoms with Gasteiger partial charge in [0.2, 0.25) is 0 Å². The maximum absolute atomic E-state index is 4.02. The van der Waals surface area contributed by atoms with Gasteiger partial charge in [-0.05, 0) is 36.8 Å². The molecule has 0 saturated heterocycles. The smallest absolute Gasteiger partial charge is 0.0159 e. The minimum atomic E-state index is 0.823.